The fourth-order valence-electron chi connectivity index (χ4n) is 3.62. The average Bonchev–Trinajstić information content (AvgIpc) is 3.21. The first-order chi connectivity index (χ1) is 13.1. The van der Waals surface area contributed by atoms with Crippen molar-refractivity contribution in [3.8, 4) is 0 Å². The number of carbonyl (C=O) groups excluding carboxylic acids is 1. The van der Waals surface area contributed by atoms with Gasteiger partial charge in [0.15, 0.2) is 0 Å². The van der Waals surface area contributed by atoms with Crippen molar-refractivity contribution in [1.82, 2.24) is 10.2 Å². The Morgan fingerprint density at radius 3 is 2.48 bits per heavy atom. The third-order valence-corrected chi connectivity index (χ3v) is 5.21. The first kappa shape index (κ1) is 19.1. The Kier molecular flexibility index (Phi) is 6.27. The molecule has 1 fully saturated rings. The number of nitrogens with one attached hydrogen (secondary N) is 1. The summed E-state index contributed by atoms with van der Waals surface area (Å²) in [5.74, 6) is 0.769. The Bertz CT molecular complexity index is 733. The van der Waals surface area contributed by atoms with E-state index in [2.05, 4.69) is 54.1 Å². The highest BCUT2D eigenvalue weighted by Gasteiger charge is 2.22. The lowest BCUT2D eigenvalue weighted by Gasteiger charge is -2.37. The van der Waals surface area contributed by atoms with Crippen molar-refractivity contribution in [1.29, 1.82) is 0 Å². The highest BCUT2D eigenvalue weighted by molar-refractivity contribution is 5.74. The maximum atomic E-state index is 12.3. The van der Waals surface area contributed by atoms with Crippen molar-refractivity contribution in [2.45, 2.75) is 27.3 Å². The SMILES string of the molecule is CCN(CC)c1ccc(N2CCN(C(=O)NCc3ccco3)CC2)c(C)c1. The zero-order valence-corrected chi connectivity index (χ0v) is 16.6. The normalized spacial score (nSPS) is 14.3. The minimum Gasteiger partial charge on any atom is -0.467 e. The lowest BCUT2D eigenvalue weighted by molar-refractivity contribution is 0.193. The summed E-state index contributed by atoms with van der Waals surface area (Å²) in [5, 5.41) is 2.92. The van der Waals surface area contributed by atoms with Crippen LogP contribution in [0.15, 0.2) is 41.0 Å². The zero-order chi connectivity index (χ0) is 19.2. The molecule has 0 aliphatic carbocycles. The minimum absolute atomic E-state index is 0.0281. The summed E-state index contributed by atoms with van der Waals surface area (Å²) < 4.78 is 5.26. The molecule has 1 aliphatic rings. The Hall–Kier alpha value is -2.63. The molecule has 2 heterocycles. The Labute approximate surface area is 161 Å². The first-order valence-electron chi connectivity index (χ1n) is 9.78. The lowest BCUT2D eigenvalue weighted by Crippen LogP contribution is -2.51. The molecule has 0 unspecified atom stereocenters. The molecule has 27 heavy (non-hydrogen) atoms. The number of aryl methyl sites for hydroxylation is 1. The number of urea groups is 1. The van der Waals surface area contributed by atoms with E-state index in [1.165, 1.54) is 16.9 Å². The van der Waals surface area contributed by atoms with Crippen LogP contribution in [0.5, 0.6) is 0 Å². The molecule has 0 atom stereocenters. The highest BCUT2D eigenvalue weighted by Crippen LogP contribution is 2.26. The molecule has 1 N–H and O–H groups in total. The van der Waals surface area contributed by atoms with Gasteiger partial charge in [-0.1, -0.05) is 0 Å². The molecule has 0 bridgehead atoms. The van der Waals surface area contributed by atoms with E-state index < -0.39 is 0 Å². The van der Waals surface area contributed by atoms with Crippen molar-refractivity contribution in [2.75, 3.05) is 49.1 Å². The number of rotatable bonds is 6. The molecule has 3 rings (SSSR count). The topological polar surface area (TPSA) is 52.0 Å². The highest BCUT2D eigenvalue weighted by atomic mass is 16.3. The van der Waals surface area contributed by atoms with Gasteiger partial charge in [0.2, 0.25) is 0 Å². The third-order valence-electron chi connectivity index (χ3n) is 5.21. The predicted molar refractivity (Wildman–Crippen MR) is 109 cm³/mol. The van der Waals surface area contributed by atoms with Gasteiger partial charge in [-0.05, 0) is 56.7 Å². The number of anilines is 2. The van der Waals surface area contributed by atoms with E-state index in [0.29, 0.717) is 6.54 Å². The van der Waals surface area contributed by atoms with Crippen LogP contribution in [0.25, 0.3) is 0 Å². The molecule has 0 spiro atoms. The molecule has 6 heteroatoms. The number of nitrogens with zero attached hydrogens (tertiary/aromatic N) is 3. The zero-order valence-electron chi connectivity index (χ0n) is 16.6. The number of benzene rings is 1. The summed E-state index contributed by atoms with van der Waals surface area (Å²) in [4.78, 5) is 18.9. The average molecular weight is 370 g/mol. The molecule has 1 aliphatic heterocycles. The van der Waals surface area contributed by atoms with Gasteiger partial charge in [0.05, 0.1) is 12.8 Å². The van der Waals surface area contributed by atoms with E-state index in [0.717, 1.165) is 45.0 Å². The quantitative estimate of drug-likeness (QED) is 0.846. The molecule has 0 radical (unpaired) electrons. The van der Waals surface area contributed by atoms with Crippen LogP contribution in [0.2, 0.25) is 0 Å². The van der Waals surface area contributed by atoms with Gasteiger partial charge in [0, 0.05) is 50.6 Å². The second-order valence-electron chi connectivity index (χ2n) is 6.86. The number of carbonyl (C=O) groups is 1. The van der Waals surface area contributed by atoms with E-state index in [9.17, 15) is 4.79 Å². The van der Waals surface area contributed by atoms with Crippen molar-refractivity contribution in [3.63, 3.8) is 0 Å². The molecular formula is C21H30N4O2. The van der Waals surface area contributed by atoms with Gasteiger partial charge in [-0.15, -0.1) is 0 Å². The van der Waals surface area contributed by atoms with E-state index in [1.54, 1.807) is 6.26 Å². The summed E-state index contributed by atoms with van der Waals surface area (Å²) >= 11 is 0. The summed E-state index contributed by atoms with van der Waals surface area (Å²) in [6, 6.07) is 10.4. The van der Waals surface area contributed by atoms with Gasteiger partial charge < -0.3 is 24.4 Å². The Morgan fingerprint density at radius 1 is 1.15 bits per heavy atom. The summed E-state index contributed by atoms with van der Waals surface area (Å²) in [7, 11) is 0. The van der Waals surface area contributed by atoms with Crippen molar-refractivity contribution < 1.29 is 9.21 Å². The first-order valence-corrected chi connectivity index (χ1v) is 9.78. The van der Waals surface area contributed by atoms with Crippen LogP contribution in [0.3, 0.4) is 0 Å². The predicted octanol–water partition coefficient (Wildman–Crippen LogP) is 3.47. The summed E-state index contributed by atoms with van der Waals surface area (Å²) in [5.41, 5.74) is 3.83. The van der Waals surface area contributed by atoms with Gasteiger partial charge >= 0.3 is 6.03 Å². The smallest absolute Gasteiger partial charge is 0.317 e. The Balaban J connectivity index is 1.54. The van der Waals surface area contributed by atoms with E-state index >= 15 is 0 Å². The van der Waals surface area contributed by atoms with Crippen LogP contribution in [0, 0.1) is 6.92 Å². The maximum absolute atomic E-state index is 12.3. The van der Waals surface area contributed by atoms with Gasteiger partial charge in [0.25, 0.3) is 0 Å². The molecule has 146 valence electrons. The molecule has 0 saturated carbocycles. The standard InChI is InChI=1S/C21H30N4O2/c1-4-23(5-2)18-8-9-20(17(3)15-18)24-10-12-25(13-11-24)21(26)22-16-19-7-6-14-27-19/h6-9,14-15H,4-5,10-13,16H2,1-3H3,(H,22,26). The number of hydrogen-bond acceptors (Lipinski definition) is 4. The van der Waals surface area contributed by atoms with E-state index in [1.807, 2.05) is 17.0 Å². The van der Waals surface area contributed by atoms with Crippen molar-refractivity contribution in [3.05, 3.63) is 47.9 Å². The van der Waals surface area contributed by atoms with E-state index in [4.69, 9.17) is 4.42 Å². The summed E-state index contributed by atoms with van der Waals surface area (Å²) in [6.45, 7) is 12.1. The number of piperazine rings is 1. The molecule has 6 nitrogen and oxygen atoms in total. The van der Waals surface area contributed by atoms with Crippen LogP contribution in [-0.4, -0.2) is 50.2 Å². The van der Waals surface area contributed by atoms with Crippen LogP contribution in [-0.2, 0) is 6.54 Å². The molecule has 2 aromatic rings. The van der Waals surface area contributed by atoms with Gasteiger partial charge in [-0.3, -0.25) is 0 Å². The molecule has 2 amide bonds. The monoisotopic (exact) mass is 370 g/mol. The largest absolute Gasteiger partial charge is 0.467 e. The molecule has 1 aromatic heterocycles. The van der Waals surface area contributed by atoms with Crippen LogP contribution in [0.4, 0.5) is 16.2 Å². The number of hydrogen-bond donors (Lipinski definition) is 1. The third kappa shape index (κ3) is 4.56. The second-order valence-corrected chi connectivity index (χ2v) is 6.86. The molecule has 1 aromatic carbocycles. The van der Waals surface area contributed by atoms with Crippen LogP contribution in [0.1, 0.15) is 25.2 Å². The fourth-order valence-corrected chi connectivity index (χ4v) is 3.62. The molecular weight excluding hydrogens is 340 g/mol. The van der Waals surface area contributed by atoms with Crippen LogP contribution >= 0.6 is 0 Å². The Morgan fingerprint density at radius 2 is 1.89 bits per heavy atom. The summed E-state index contributed by atoms with van der Waals surface area (Å²) in [6.07, 6.45) is 1.62. The molecule has 1 saturated heterocycles. The van der Waals surface area contributed by atoms with E-state index in [-0.39, 0.29) is 6.03 Å². The number of amides is 2. The maximum Gasteiger partial charge on any atom is 0.317 e. The van der Waals surface area contributed by atoms with Crippen molar-refractivity contribution >= 4 is 17.4 Å². The van der Waals surface area contributed by atoms with Gasteiger partial charge in [0.1, 0.15) is 5.76 Å². The fraction of sp³-hybridized carbons (Fsp3) is 0.476. The number of furan rings is 1. The van der Waals surface area contributed by atoms with Gasteiger partial charge in [-0.2, -0.15) is 0 Å². The second kappa shape index (κ2) is 8.84. The minimum atomic E-state index is -0.0281. The van der Waals surface area contributed by atoms with Crippen LogP contribution < -0.4 is 15.1 Å². The van der Waals surface area contributed by atoms with Gasteiger partial charge in [-0.25, -0.2) is 4.79 Å². The van der Waals surface area contributed by atoms with Crippen molar-refractivity contribution in [2.24, 2.45) is 0 Å². The lowest BCUT2D eigenvalue weighted by atomic mass is 10.1.